The van der Waals surface area contributed by atoms with Gasteiger partial charge < -0.3 is 10.5 Å². The Labute approximate surface area is 99.3 Å². The van der Waals surface area contributed by atoms with Crippen LogP contribution in [-0.4, -0.2) is 35.9 Å². The van der Waals surface area contributed by atoms with Gasteiger partial charge in [0.25, 0.3) is 0 Å². The summed E-state index contributed by atoms with van der Waals surface area (Å²) >= 11 is 0. The average Bonchev–Trinajstić information content (AvgIpc) is 2.56. The Morgan fingerprint density at radius 2 is 1.69 bits per heavy atom. The fourth-order valence-electron chi connectivity index (χ4n) is 3.27. The lowest BCUT2D eigenvalue weighted by Crippen LogP contribution is -2.39. The fourth-order valence-corrected chi connectivity index (χ4v) is 3.27. The molecule has 3 nitrogen and oxygen atoms in total. The lowest BCUT2D eigenvalue weighted by atomic mass is 10.0. The number of nitrogens with zero attached hydrogens (tertiary/aromatic N) is 1. The smallest absolute Gasteiger partial charge is 0.108 e. The van der Waals surface area contributed by atoms with Crippen molar-refractivity contribution in [1.82, 2.24) is 4.90 Å². The Kier molecular flexibility index (Phi) is 3.30. The molecule has 2 N–H and O–H groups in total. The fraction of sp³-hybridized carbons (Fsp3) is 1.00. The van der Waals surface area contributed by atoms with Gasteiger partial charge >= 0.3 is 0 Å². The van der Waals surface area contributed by atoms with Crippen molar-refractivity contribution in [2.45, 2.75) is 58.4 Å². The summed E-state index contributed by atoms with van der Waals surface area (Å²) < 4.78 is 6.01. The van der Waals surface area contributed by atoms with Gasteiger partial charge in [0.2, 0.25) is 0 Å². The van der Waals surface area contributed by atoms with Gasteiger partial charge in [-0.05, 0) is 52.4 Å². The molecule has 1 saturated heterocycles. The van der Waals surface area contributed by atoms with Crippen LogP contribution >= 0.6 is 0 Å². The molecule has 2 rings (SSSR count). The van der Waals surface area contributed by atoms with Gasteiger partial charge in [0.15, 0.2) is 0 Å². The van der Waals surface area contributed by atoms with Crippen molar-refractivity contribution >= 4 is 0 Å². The molecule has 1 aliphatic heterocycles. The van der Waals surface area contributed by atoms with Crippen LogP contribution in [-0.2, 0) is 4.74 Å². The van der Waals surface area contributed by atoms with E-state index in [0.717, 1.165) is 11.8 Å². The first-order valence-electron chi connectivity index (χ1n) is 6.52. The molecule has 2 fully saturated rings. The van der Waals surface area contributed by atoms with Crippen LogP contribution in [0.5, 0.6) is 0 Å². The standard InChI is InChI=1S/C13H26N2O/c1-9(16-13(2,3)4)15-7-10-5-12(14)6-11(10)8-15/h9-12H,5-8,14H2,1-4H3/t9?,10-,11+,12?. The second-order valence-electron chi connectivity index (χ2n) is 6.54. The van der Waals surface area contributed by atoms with Crippen LogP contribution in [0.2, 0.25) is 0 Å². The maximum absolute atomic E-state index is 6.01. The lowest BCUT2D eigenvalue weighted by Gasteiger charge is -2.32. The third-order valence-corrected chi connectivity index (χ3v) is 3.85. The van der Waals surface area contributed by atoms with Gasteiger partial charge in [-0.3, -0.25) is 4.90 Å². The van der Waals surface area contributed by atoms with E-state index in [-0.39, 0.29) is 11.8 Å². The normalized spacial score (nSPS) is 37.7. The molecule has 1 heterocycles. The van der Waals surface area contributed by atoms with E-state index in [4.69, 9.17) is 10.5 Å². The highest BCUT2D eigenvalue weighted by Gasteiger charge is 2.41. The molecular formula is C13H26N2O. The summed E-state index contributed by atoms with van der Waals surface area (Å²) in [5.74, 6) is 1.64. The number of hydrogen-bond donors (Lipinski definition) is 1. The van der Waals surface area contributed by atoms with Crippen molar-refractivity contribution in [2.75, 3.05) is 13.1 Å². The third kappa shape index (κ3) is 2.76. The second kappa shape index (κ2) is 4.28. The molecule has 0 radical (unpaired) electrons. The van der Waals surface area contributed by atoms with Crippen LogP contribution in [0.15, 0.2) is 0 Å². The van der Waals surface area contributed by atoms with E-state index >= 15 is 0 Å². The summed E-state index contributed by atoms with van der Waals surface area (Å²) in [6, 6.07) is 0.455. The monoisotopic (exact) mass is 226 g/mol. The van der Waals surface area contributed by atoms with Crippen LogP contribution in [0.3, 0.4) is 0 Å². The number of nitrogens with two attached hydrogens (primary N) is 1. The Bertz CT molecular complexity index is 235. The maximum atomic E-state index is 6.01. The van der Waals surface area contributed by atoms with Crippen molar-refractivity contribution in [3.8, 4) is 0 Å². The minimum absolute atomic E-state index is 0.0481. The third-order valence-electron chi connectivity index (χ3n) is 3.85. The highest BCUT2D eigenvalue weighted by atomic mass is 16.5. The van der Waals surface area contributed by atoms with Crippen LogP contribution < -0.4 is 5.73 Å². The predicted molar refractivity (Wildman–Crippen MR) is 66.1 cm³/mol. The van der Waals surface area contributed by atoms with Crippen LogP contribution in [0.4, 0.5) is 0 Å². The van der Waals surface area contributed by atoms with E-state index in [1.165, 1.54) is 25.9 Å². The molecule has 0 aromatic carbocycles. The quantitative estimate of drug-likeness (QED) is 0.780. The maximum Gasteiger partial charge on any atom is 0.108 e. The molecule has 0 bridgehead atoms. The minimum atomic E-state index is -0.0481. The Morgan fingerprint density at radius 1 is 1.19 bits per heavy atom. The molecule has 1 saturated carbocycles. The van der Waals surface area contributed by atoms with Gasteiger partial charge in [-0.1, -0.05) is 0 Å². The van der Waals surface area contributed by atoms with E-state index in [9.17, 15) is 0 Å². The van der Waals surface area contributed by atoms with Crippen molar-refractivity contribution in [3.63, 3.8) is 0 Å². The molecule has 1 aliphatic carbocycles. The summed E-state index contributed by atoms with van der Waals surface area (Å²) in [5.41, 5.74) is 5.95. The zero-order valence-corrected chi connectivity index (χ0v) is 11.1. The van der Waals surface area contributed by atoms with Crippen LogP contribution in [0.1, 0.15) is 40.5 Å². The molecule has 0 aromatic rings. The molecule has 94 valence electrons. The van der Waals surface area contributed by atoms with Crippen LogP contribution in [0, 0.1) is 11.8 Å². The van der Waals surface area contributed by atoms with Gasteiger partial charge in [-0.15, -0.1) is 0 Å². The topological polar surface area (TPSA) is 38.5 Å². The highest BCUT2D eigenvalue weighted by molar-refractivity contribution is 4.94. The highest BCUT2D eigenvalue weighted by Crippen LogP contribution is 2.38. The molecule has 2 aliphatic rings. The van der Waals surface area contributed by atoms with Crippen LogP contribution in [0.25, 0.3) is 0 Å². The summed E-state index contributed by atoms with van der Waals surface area (Å²) in [6.45, 7) is 10.9. The number of rotatable bonds is 2. The first kappa shape index (κ1) is 12.3. The molecule has 0 amide bonds. The van der Waals surface area contributed by atoms with E-state index in [2.05, 4.69) is 32.6 Å². The van der Waals surface area contributed by atoms with Crippen molar-refractivity contribution in [1.29, 1.82) is 0 Å². The largest absolute Gasteiger partial charge is 0.358 e. The number of hydrogen-bond acceptors (Lipinski definition) is 3. The first-order chi connectivity index (χ1) is 7.35. The second-order valence-corrected chi connectivity index (χ2v) is 6.54. The van der Waals surface area contributed by atoms with Crippen molar-refractivity contribution < 1.29 is 4.74 Å². The van der Waals surface area contributed by atoms with Gasteiger partial charge in [-0.2, -0.15) is 0 Å². The van der Waals surface area contributed by atoms with Gasteiger partial charge in [-0.25, -0.2) is 0 Å². The van der Waals surface area contributed by atoms with Crippen molar-refractivity contribution in [3.05, 3.63) is 0 Å². The summed E-state index contributed by atoms with van der Waals surface area (Å²) in [4.78, 5) is 2.48. The Balaban J connectivity index is 1.86. The minimum Gasteiger partial charge on any atom is -0.358 e. The van der Waals surface area contributed by atoms with Gasteiger partial charge in [0, 0.05) is 19.1 Å². The van der Waals surface area contributed by atoms with Gasteiger partial charge in [0.05, 0.1) is 5.60 Å². The van der Waals surface area contributed by atoms with E-state index in [1.807, 2.05) is 0 Å². The summed E-state index contributed by atoms with van der Waals surface area (Å²) in [6.07, 6.45) is 2.66. The number of ether oxygens (including phenoxy) is 1. The SMILES string of the molecule is CC(OC(C)(C)C)N1C[C@H]2CC(N)C[C@H]2C1. The predicted octanol–water partition coefficient (Wildman–Crippen LogP) is 1.82. The molecule has 3 heteroatoms. The molecule has 2 unspecified atom stereocenters. The zero-order valence-electron chi connectivity index (χ0n) is 11.1. The molecule has 4 atom stereocenters. The first-order valence-corrected chi connectivity index (χ1v) is 6.52. The Hall–Kier alpha value is -0.120. The average molecular weight is 226 g/mol. The van der Waals surface area contributed by atoms with E-state index < -0.39 is 0 Å². The van der Waals surface area contributed by atoms with E-state index in [1.54, 1.807) is 0 Å². The van der Waals surface area contributed by atoms with E-state index in [0.29, 0.717) is 6.04 Å². The Morgan fingerprint density at radius 3 is 2.12 bits per heavy atom. The molecule has 0 spiro atoms. The summed E-state index contributed by atoms with van der Waals surface area (Å²) in [7, 11) is 0. The summed E-state index contributed by atoms with van der Waals surface area (Å²) in [5, 5.41) is 0. The molecule has 16 heavy (non-hydrogen) atoms. The molecular weight excluding hydrogens is 200 g/mol. The van der Waals surface area contributed by atoms with Gasteiger partial charge in [0.1, 0.15) is 6.23 Å². The number of fused-ring (bicyclic) bond motifs is 1. The number of likely N-dealkylation sites (tertiary alicyclic amines) is 1. The van der Waals surface area contributed by atoms with Crippen molar-refractivity contribution in [2.24, 2.45) is 17.6 Å². The zero-order chi connectivity index (χ0) is 11.9. The molecule has 0 aromatic heterocycles. The lowest BCUT2D eigenvalue weighted by molar-refractivity contribution is -0.118.